The molecule has 0 amide bonds. The number of nitrogens with two attached hydrogens (primary N) is 1. The average Bonchev–Trinajstić information content (AvgIpc) is 2.29. The van der Waals surface area contributed by atoms with E-state index in [4.69, 9.17) is 5.73 Å². The molecule has 1 atom stereocenters. The van der Waals surface area contributed by atoms with Gasteiger partial charge in [-0.1, -0.05) is 26.7 Å². The highest BCUT2D eigenvalue weighted by atomic mass is 16.2. The minimum atomic E-state index is -0.593. The molecule has 1 unspecified atom stereocenters. The fourth-order valence-corrected chi connectivity index (χ4v) is 1.73. The number of anilines is 1. The summed E-state index contributed by atoms with van der Waals surface area (Å²) in [5.41, 5.74) is 4.79. The van der Waals surface area contributed by atoms with Gasteiger partial charge in [0, 0.05) is 12.1 Å². The molecule has 0 radical (unpaired) electrons. The molecule has 17 heavy (non-hydrogen) atoms. The Balaban J connectivity index is 2.90. The van der Waals surface area contributed by atoms with Crippen molar-refractivity contribution in [3.8, 4) is 0 Å². The Morgan fingerprint density at radius 1 is 1.53 bits per heavy atom. The van der Waals surface area contributed by atoms with Gasteiger partial charge in [-0.15, -0.1) is 0 Å². The fourth-order valence-electron chi connectivity index (χ4n) is 1.73. The standard InChI is InChI=1S/C12H19N3O2/c1-3-5-6-9(4-2)11(16)15-8-7-10(13)14-12(15)17/h7-9H,3-6H2,1-2H3,(H2,13,14,17). The molecule has 1 aromatic heterocycles. The predicted molar refractivity (Wildman–Crippen MR) is 66.8 cm³/mol. The lowest BCUT2D eigenvalue weighted by Gasteiger charge is -2.13. The Bertz CT molecular complexity index is 440. The first-order valence-electron chi connectivity index (χ1n) is 5.99. The average molecular weight is 237 g/mol. The molecule has 0 saturated carbocycles. The normalized spacial score (nSPS) is 12.4. The summed E-state index contributed by atoms with van der Waals surface area (Å²) in [7, 11) is 0. The maximum Gasteiger partial charge on any atom is 0.356 e. The number of hydrogen-bond donors (Lipinski definition) is 1. The third-order valence-electron chi connectivity index (χ3n) is 2.81. The van der Waals surface area contributed by atoms with Crippen LogP contribution in [0.15, 0.2) is 17.1 Å². The van der Waals surface area contributed by atoms with Gasteiger partial charge in [0.1, 0.15) is 5.82 Å². The van der Waals surface area contributed by atoms with Crippen LogP contribution in [-0.4, -0.2) is 15.5 Å². The van der Waals surface area contributed by atoms with E-state index in [1.165, 1.54) is 12.3 Å². The van der Waals surface area contributed by atoms with Crippen molar-refractivity contribution < 1.29 is 4.79 Å². The Morgan fingerprint density at radius 3 is 2.76 bits per heavy atom. The molecular weight excluding hydrogens is 218 g/mol. The van der Waals surface area contributed by atoms with Crippen LogP contribution < -0.4 is 11.4 Å². The zero-order chi connectivity index (χ0) is 12.8. The molecule has 5 heteroatoms. The van der Waals surface area contributed by atoms with E-state index in [9.17, 15) is 9.59 Å². The third-order valence-corrected chi connectivity index (χ3v) is 2.81. The van der Waals surface area contributed by atoms with Crippen molar-refractivity contribution in [1.82, 2.24) is 9.55 Å². The van der Waals surface area contributed by atoms with Crippen LogP contribution in [0.2, 0.25) is 0 Å². The van der Waals surface area contributed by atoms with Crippen molar-refractivity contribution in [2.45, 2.75) is 39.5 Å². The molecule has 0 aliphatic carbocycles. The van der Waals surface area contributed by atoms with Crippen LogP contribution >= 0.6 is 0 Å². The van der Waals surface area contributed by atoms with E-state index in [0.717, 1.165) is 30.3 Å². The summed E-state index contributed by atoms with van der Waals surface area (Å²) in [6.07, 6.45) is 4.97. The topological polar surface area (TPSA) is 78.0 Å². The van der Waals surface area contributed by atoms with E-state index in [0.29, 0.717) is 0 Å². The van der Waals surface area contributed by atoms with E-state index in [1.807, 2.05) is 6.92 Å². The number of unbranched alkanes of at least 4 members (excludes halogenated alkanes) is 1. The van der Waals surface area contributed by atoms with E-state index < -0.39 is 5.69 Å². The van der Waals surface area contributed by atoms with Crippen LogP contribution in [0.1, 0.15) is 44.3 Å². The van der Waals surface area contributed by atoms with Crippen molar-refractivity contribution in [3.05, 3.63) is 22.7 Å². The summed E-state index contributed by atoms with van der Waals surface area (Å²) in [5.74, 6) is -0.155. The first-order chi connectivity index (χ1) is 8.10. The minimum Gasteiger partial charge on any atom is -0.383 e. The molecular formula is C12H19N3O2. The van der Waals surface area contributed by atoms with E-state index in [-0.39, 0.29) is 17.6 Å². The molecule has 94 valence electrons. The molecule has 2 N–H and O–H groups in total. The summed E-state index contributed by atoms with van der Waals surface area (Å²) in [6.45, 7) is 4.03. The molecule has 0 aliphatic rings. The summed E-state index contributed by atoms with van der Waals surface area (Å²) >= 11 is 0. The second kappa shape index (κ2) is 6.18. The van der Waals surface area contributed by atoms with Crippen LogP contribution in [0.3, 0.4) is 0 Å². The van der Waals surface area contributed by atoms with Crippen LogP contribution in [0.5, 0.6) is 0 Å². The van der Waals surface area contributed by atoms with Crippen LogP contribution in [0, 0.1) is 5.92 Å². The number of carbonyl (C=O) groups is 1. The Hall–Kier alpha value is -1.65. The van der Waals surface area contributed by atoms with Crippen molar-refractivity contribution in [3.63, 3.8) is 0 Å². The second-order valence-electron chi connectivity index (χ2n) is 4.09. The zero-order valence-electron chi connectivity index (χ0n) is 10.3. The number of nitrogen functional groups attached to an aromatic ring is 1. The van der Waals surface area contributed by atoms with Crippen molar-refractivity contribution in [2.75, 3.05) is 5.73 Å². The highest BCUT2D eigenvalue weighted by molar-refractivity contribution is 5.81. The van der Waals surface area contributed by atoms with Crippen molar-refractivity contribution in [2.24, 2.45) is 5.92 Å². The minimum absolute atomic E-state index is 0.113. The first-order valence-corrected chi connectivity index (χ1v) is 5.99. The van der Waals surface area contributed by atoms with Gasteiger partial charge >= 0.3 is 5.69 Å². The molecule has 0 fully saturated rings. The monoisotopic (exact) mass is 237 g/mol. The first kappa shape index (κ1) is 13.4. The summed E-state index contributed by atoms with van der Waals surface area (Å²) in [5, 5.41) is 0. The van der Waals surface area contributed by atoms with Gasteiger partial charge in [0.15, 0.2) is 0 Å². The molecule has 0 aromatic carbocycles. The number of rotatable bonds is 5. The van der Waals surface area contributed by atoms with Gasteiger partial charge in [-0.2, -0.15) is 4.98 Å². The Labute approximate surface area is 101 Å². The smallest absolute Gasteiger partial charge is 0.356 e. The second-order valence-corrected chi connectivity index (χ2v) is 4.09. The maximum atomic E-state index is 12.1. The lowest BCUT2D eigenvalue weighted by atomic mass is 9.98. The molecule has 1 rings (SSSR count). The lowest BCUT2D eigenvalue weighted by molar-refractivity contribution is 0.0815. The van der Waals surface area contributed by atoms with Gasteiger partial charge in [-0.3, -0.25) is 4.79 Å². The van der Waals surface area contributed by atoms with Crippen molar-refractivity contribution >= 4 is 11.7 Å². The number of aromatic nitrogens is 2. The lowest BCUT2D eigenvalue weighted by Crippen LogP contribution is -2.33. The maximum absolute atomic E-state index is 12.1. The summed E-state index contributed by atoms with van der Waals surface area (Å²) < 4.78 is 1.06. The Kier molecular flexibility index (Phi) is 4.87. The number of nitrogens with zero attached hydrogens (tertiary/aromatic N) is 2. The molecule has 5 nitrogen and oxygen atoms in total. The molecule has 0 saturated heterocycles. The van der Waals surface area contributed by atoms with Gasteiger partial charge < -0.3 is 5.73 Å². The molecule has 0 spiro atoms. The van der Waals surface area contributed by atoms with Gasteiger partial charge in [0.2, 0.25) is 5.91 Å². The highest BCUT2D eigenvalue weighted by Crippen LogP contribution is 2.14. The largest absolute Gasteiger partial charge is 0.383 e. The van der Waals surface area contributed by atoms with E-state index in [1.54, 1.807) is 0 Å². The highest BCUT2D eigenvalue weighted by Gasteiger charge is 2.18. The number of carbonyl (C=O) groups excluding carboxylic acids is 1. The van der Waals surface area contributed by atoms with Gasteiger partial charge in [-0.25, -0.2) is 9.36 Å². The quantitative estimate of drug-likeness (QED) is 0.845. The summed E-state index contributed by atoms with van der Waals surface area (Å²) in [4.78, 5) is 27.2. The Morgan fingerprint density at radius 2 is 2.24 bits per heavy atom. The van der Waals surface area contributed by atoms with Gasteiger partial charge in [0.05, 0.1) is 0 Å². The predicted octanol–water partition coefficient (Wildman–Crippen LogP) is 1.68. The molecule has 1 aromatic rings. The van der Waals surface area contributed by atoms with Gasteiger partial charge in [-0.05, 0) is 18.9 Å². The fraction of sp³-hybridized carbons (Fsp3) is 0.583. The number of hydrogen-bond acceptors (Lipinski definition) is 4. The third kappa shape index (κ3) is 3.41. The summed E-state index contributed by atoms with van der Waals surface area (Å²) in [6, 6.07) is 1.46. The molecule has 0 aliphatic heterocycles. The SMILES string of the molecule is CCCCC(CC)C(=O)n1ccc(N)nc1=O. The van der Waals surface area contributed by atoms with E-state index >= 15 is 0 Å². The van der Waals surface area contributed by atoms with Crippen LogP contribution in [-0.2, 0) is 0 Å². The molecule has 0 bridgehead atoms. The molecule has 1 heterocycles. The van der Waals surface area contributed by atoms with Crippen LogP contribution in [0.4, 0.5) is 5.82 Å². The zero-order valence-corrected chi connectivity index (χ0v) is 10.3. The van der Waals surface area contributed by atoms with Gasteiger partial charge in [0.25, 0.3) is 0 Å². The van der Waals surface area contributed by atoms with E-state index in [2.05, 4.69) is 11.9 Å². The van der Waals surface area contributed by atoms with Crippen LogP contribution in [0.25, 0.3) is 0 Å². The van der Waals surface area contributed by atoms with Crippen molar-refractivity contribution in [1.29, 1.82) is 0 Å².